The highest BCUT2D eigenvalue weighted by Gasteiger charge is 2.41. The summed E-state index contributed by atoms with van der Waals surface area (Å²) in [4.78, 5) is 66.3. The molecule has 252 valence electrons. The van der Waals surface area contributed by atoms with Crippen LogP contribution in [0.1, 0.15) is 54.4 Å². The SMILES string of the molecule is COC(=O)CCCN1C(=O)c2ccc(C(=O)Nc3cccc(-c4ccc(C(=O)Nc5cccc6cccc(C(=O)O)c56)nc4)c3)cc2S1(=O)=O. The third kappa shape index (κ3) is 6.51. The van der Waals surface area contributed by atoms with Crippen molar-refractivity contribution in [3.05, 3.63) is 120 Å². The number of nitrogens with one attached hydrogen (secondary N) is 2. The Labute approximate surface area is 285 Å². The molecule has 6 rings (SSSR count). The first-order valence-corrected chi connectivity index (χ1v) is 16.6. The molecule has 50 heavy (non-hydrogen) atoms. The van der Waals surface area contributed by atoms with E-state index in [2.05, 4.69) is 20.4 Å². The molecule has 3 N–H and O–H groups in total. The molecule has 0 atom stereocenters. The second-order valence-electron chi connectivity index (χ2n) is 11.2. The number of carbonyl (C=O) groups excluding carboxylic acids is 4. The second kappa shape index (κ2) is 13.6. The van der Waals surface area contributed by atoms with Gasteiger partial charge in [0.1, 0.15) is 10.6 Å². The lowest BCUT2D eigenvalue weighted by atomic mass is 10.0. The molecule has 0 fully saturated rings. The Balaban J connectivity index is 1.15. The molecule has 0 saturated heterocycles. The number of methoxy groups -OCH3 is 1. The van der Waals surface area contributed by atoms with Crippen LogP contribution in [0.25, 0.3) is 21.9 Å². The molecular weight excluding hydrogens is 664 g/mol. The van der Waals surface area contributed by atoms with Gasteiger partial charge in [-0.3, -0.25) is 24.2 Å². The molecular formula is C36H28N4O9S. The van der Waals surface area contributed by atoms with E-state index in [1.807, 2.05) is 0 Å². The van der Waals surface area contributed by atoms with Crippen molar-refractivity contribution in [3.63, 3.8) is 0 Å². The molecule has 0 saturated carbocycles. The molecule has 0 aliphatic carbocycles. The molecule has 13 nitrogen and oxygen atoms in total. The number of pyridine rings is 1. The minimum atomic E-state index is -4.22. The predicted molar refractivity (Wildman–Crippen MR) is 182 cm³/mol. The number of ether oxygens (including phenoxy) is 1. The van der Waals surface area contributed by atoms with Crippen molar-refractivity contribution in [3.8, 4) is 11.1 Å². The van der Waals surface area contributed by atoms with Crippen LogP contribution in [0.5, 0.6) is 0 Å². The number of nitrogens with zero attached hydrogens (tertiary/aromatic N) is 2. The van der Waals surface area contributed by atoms with E-state index >= 15 is 0 Å². The van der Waals surface area contributed by atoms with Crippen molar-refractivity contribution in [2.24, 2.45) is 0 Å². The van der Waals surface area contributed by atoms with E-state index in [9.17, 15) is 37.5 Å². The molecule has 5 aromatic rings. The molecule has 2 heterocycles. The van der Waals surface area contributed by atoms with Crippen LogP contribution in [0.3, 0.4) is 0 Å². The molecule has 0 bridgehead atoms. The Kier molecular flexibility index (Phi) is 9.11. The zero-order valence-corrected chi connectivity index (χ0v) is 27.2. The fourth-order valence-electron chi connectivity index (χ4n) is 5.60. The van der Waals surface area contributed by atoms with Gasteiger partial charge < -0.3 is 20.5 Å². The van der Waals surface area contributed by atoms with Gasteiger partial charge in [0.15, 0.2) is 0 Å². The third-order valence-corrected chi connectivity index (χ3v) is 9.89. The number of carboxylic acids is 1. The van der Waals surface area contributed by atoms with Gasteiger partial charge in [0.05, 0.1) is 18.2 Å². The van der Waals surface area contributed by atoms with Crippen molar-refractivity contribution in [2.75, 3.05) is 24.3 Å². The highest BCUT2D eigenvalue weighted by Crippen LogP contribution is 2.32. The van der Waals surface area contributed by atoms with Crippen LogP contribution in [-0.2, 0) is 19.6 Å². The Morgan fingerprint density at radius 2 is 1.62 bits per heavy atom. The van der Waals surface area contributed by atoms with Gasteiger partial charge in [0.2, 0.25) is 0 Å². The van der Waals surface area contributed by atoms with E-state index in [1.54, 1.807) is 60.7 Å². The molecule has 1 aliphatic heterocycles. The molecule has 0 unspecified atom stereocenters. The number of fused-ring (bicyclic) bond motifs is 2. The molecule has 0 radical (unpaired) electrons. The number of hydrogen-bond donors (Lipinski definition) is 3. The highest BCUT2D eigenvalue weighted by molar-refractivity contribution is 7.90. The fourth-order valence-corrected chi connectivity index (χ4v) is 7.23. The average Bonchev–Trinajstić information content (AvgIpc) is 3.31. The maximum absolute atomic E-state index is 13.2. The number of anilines is 2. The molecule has 1 aromatic heterocycles. The quantitative estimate of drug-likeness (QED) is 0.164. The highest BCUT2D eigenvalue weighted by atomic mass is 32.2. The summed E-state index contributed by atoms with van der Waals surface area (Å²) in [6.45, 7) is -0.211. The number of carbonyl (C=O) groups is 5. The number of benzene rings is 4. The number of amides is 3. The van der Waals surface area contributed by atoms with Crippen LogP contribution in [-0.4, -0.2) is 66.1 Å². The van der Waals surface area contributed by atoms with Gasteiger partial charge in [-0.1, -0.05) is 42.5 Å². The zero-order valence-electron chi connectivity index (χ0n) is 26.4. The maximum atomic E-state index is 13.2. The summed E-state index contributed by atoms with van der Waals surface area (Å²) in [5.74, 6) is -3.52. The monoisotopic (exact) mass is 692 g/mol. The minimum absolute atomic E-state index is 0.0145. The number of hydrogen-bond acceptors (Lipinski definition) is 9. The van der Waals surface area contributed by atoms with Gasteiger partial charge in [0, 0.05) is 47.1 Å². The minimum Gasteiger partial charge on any atom is -0.478 e. The van der Waals surface area contributed by atoms with Crippen molar-refractivity contribution in [1.29, 1.82) is 0 Å². The molecule has 3 amide bonds. The van der Waals surface area contributed by atoms with Crippen molar-refractivity contribution in [2.45, 2.75) is 17.7 Å². The summed E-state index contributed by atoms with van der Waals surface area (Å²) in [5, 5.41) is 16.2. The molecule has 14 heteroatoms. The smallest absolute Gasteiger partial charge is 0.336 e. The van der Waals surface area contributed by atoms with Gasteiger partial charge in [-0.2, -0.15) is 0 Å². The molecule has 0 spiro atoms. The summed E-state index contributed by atoms with van der Waals surface area (Å²) in [7, 11) is -3.01. The summed E-state index contributed by atoms with van der Waals surface area (Å²) >= 11 is 0. The van der Waals surface area contributed by atoms with E-state index < -0.39 is 39.7 Å². The van der Waals surface area contributed by atoms with Crippen molar-refractivity contribution >= 4 is 61.8 Å². The largest absolute Gasteiger partial charge is 0.478 e. The first-order valence-electron chi connectivity index (χ1n) is 15.2. The van der Waals surface area contributed by atoms with E-state index in [0.717, 1.165) is 6.07 Å². The van der Waals surface area contributed by atoms with Crippen LogP contribution in [0, 0.1) is 0 Å². The lowest BCUT2D eigenvalue weighted by Crippen LogP contribution is -2.31. The third-order valence-electron chi connectivity index (χ3n) is 8.07. The van der Waals surface area contributed by atoms with Gasteiger partial charge in [0.25, 0.3) is 27.7 Å². The number of aromatic nitrogens is 1. The standard InChI is InChI=1S/C36H28N4O9S/c1-49-31(41)12-5-17-40-35(44)26-15-13-23(19-30(26)50(40,47)48)33(42)38-25-9-2-8-22(18-25)24-14-16-29(37-20-24)34(43)39-28-11-4-7-21-6-3-10-27(32(21)28)36(45)46/h2-4,6-11,13-16,18-20H,5,12,17H2,1H3,(H,38,42)(H,39,43)(H,45,46). The summed E-state index contributed by atoms with van der Waals surface area (Å²) in [6.07, 6.45) is 1.51. The lowest BCUT2D eigenvalue weighted by Gasteiger charge is -2.14. The first-order chi connectivity index (χ1) is 24.0. The number of sulfonamides is 1. The van der Waals surface area contributed by atoms with E-state index in [0.29, 0.717) is 37.6 Å². The number of carboxylic acid groups (broad SMARTS) is 1. The topological polar surface area (TPSA) is 189 Å². The summed E-state index contributed by atoms with van der Waals surface area (Å²) in [6, 6.07) is 23.7. The Morgan fingerprint density at radius 3 is 2.34 bits per heavy atom. The van der Waals surface area contributed by atoms with E-state index in [-0.39, 0.29) is 46.7 Å². The second-order valence-corrected chi connectivity index (χ2v) is 13.0. The van der Waals surface area contributed by atoms with Crippen molar-refractivity contribution in [1.82, 2.24) is 9.29 Å². The van der Waals surface area contributed by atoms with Gasteiger partial charge >= 0.3 is 11.9 Å². The van der Waals surface area contributed by atoms with Gasteiger partial charge in [-0.15, -0.1) is 0 Å². The Hall–Kier alpha value is -6.41. The molecule has 1 aliphatic rings. The van der Waals surface area contributed by atoms with Gasteiger partial charge in [-0.25, -0.2) is 17.5 Å². The fraction of sp³-hybridized carbons (Fsp3) is 0.111. The summed E-state index contributed by atoms with van der Waals surface area (Å²) < 4.78 is 31.5. The lowest BCUT2D eigenvalue weighted by molar-refractivity contribution is -0.140. The Morgan fingerprint density at radius 1 is 0.860 bits per heavy atom. The van der Waals surface area contributed by atoms with Crippen LogP contribution in [0.2, 0.25) is 0 Å². The van der Waals surface area contributed by atoms with Crippen molar-refractivity contribution < 1.29 is 42.2 Å². The van der Waals surface area contributed by atoms with Crippen LogP contribution >= 0.6 is 0 Å². The average molecular weight is 693 g/mol. The molecule has 4 aromatic carbocycles. The van der Waals surface area contributed by atoms with E-state index in [4.69, 9.17) is 0 Å². The van der Waals surface area contributed by atoms with Crippen LogP contribution < -0.4 is 10.6 Å². The van der Waals surface area contributed by atoms with E-state index in [1.165, 1.54) is 37.6 Å². The van der Waals surface area contributed by atoms with Crippen LogP contribution in [0.15, 0.2) is 102 Å². The normalized spacial score (nSPS) is 13.1. The summed E-state index contributed by atoms with van der Waals surface area (Å²) in [5.41, 5.74) is 2.12. The first kappa shape index (κ1) is 33.5. The van der Waals surface area contributed by atoms with Crippen LogP contribution in [0.4, 0.5) is 11.4 Å². The number of rotatable bonds is 10. The van der Waals surface area contributed by atoms with Gasteiger partial charge in [-0.05, 0) is 65.9 Å². The number of aromatic carboxylic acids is 1. The maximum Gasteiger partial charge on any atom is 0.336 e. The number of esters is 1. The zero-order chi connectivity index (χ0) is 35.6. The predicted octanol–water partition coefficient (Wildman–Crippen LogP) is 5.20. The Bertz CT molecular complexity index is 2320.